The summed E-state index contributed by atoms with van der Waals surface area (Å²) >= 11 is 12.7. The summed E-state index contributed by atoms with van der Waals surface area (Å²) in [5, 5.41) is 11.6. The second-order valence-electron chi connectivity index (χ2n) is 7.43. The van der Waals surface area contributed by atoms with Crippen LogP contribution in [0.4, 0.5) is 23.7 Å². The fourth-order valence-corrected chi connectivity index (χ4v) is 3.94. The van der Waals surface area contributed by atoms with Gasteiger partial charge in [-0.1, -0.05) is 65.7 Å². The van der Waals surface area contributed by atoms with Crippen molar-refractivity contribution >= 4 is 40.9 Å². The van der Waals surface area contributed by atoms with Crippen molar-refractivity contribution in [2.75, 3.05) is 11.9 Å². The molecule has 0 aromatic heterocycles. The van der Waals surface area contributed by atoms with Crippen molar-refractivity contribution in [3.63, 3.8) is 0 Å². The van der Waals surface area contributed by atoms with Crippen LogP contribution in [0.5, 0.6) is 5.75 Å². The number of aliphatic carboxylic acids is 1. The third-order valence-electron chi connectivity index (χ3n) is 4.92. The molecule has 11 heteroatoms. The molecular weight excluding hydrogens is 508 g/mol. The van der Waals surface area contributed by atoms with Crippen LogP contribution < -0.4 is 15.0 Å². The number of hydrogen-bond acceptors (Lipinski definition) is 3. The number of carboxylic acid groups (broad SMARTS) is 1. The Bertz CT molecular complexity index is 1210. The first-order chi connectivity index (χ1) is 16.4. The maximum absolute atomic E-state index is 12.8. The number of amides is 2. The molecule has 0 aliphatic heterocycles. The van der Waals surface area contributed by atoms with Crippen molar-refractivity contribution in [3.8, 4) is 16.9 Å². The van der Waals surface area contributed by atoms with E-state index in [1.54, 1.807) is 24.3 Å². The van der Waals surface area contributed by atoms with Crippen LogP contribution in [0.25, 0.3) is 11.1 Å². The van der Waals surface area contributed by atoms with Crippen molar-refractivity contribution < 1.29 is 32.6 Å². The van der Waals surface area contributed by atoms with Gasteiger partial charge in [0.1, 0.15) is 5.75 Å². The summed E-state index contributed by atoms with van der Waals surface area (Å²) < 4.78 is 42.5. The monoisotopic (exact) mass is 526 g/mol. The van der Waals surface area contributed by atoms with E-state index in [1.165, 1.54) is 42.3 Å². The number of nitrogens with zero attached hydrogens (tertiary/aromatic N) is 1. The van der Waals surface area contributed by atoms with Crippen molar-refractivity contribution in [2.45, 2.75) is 19.3 Å². The molecule has 3 aromatic carbocycles. The minimum absolute atomic E-state index is 0.0272. The molecule has 0 saturated heterocycles. The van der Waals surface area contributed by atoms with Gasteiger partial charge in [0.05, 0.1) is 16.5 Å². The Morgan fingerprint density at radius 3 is 2.14 bits per heavy atom. The van der Waals surface area contributed by atoms with E-state index in [2.05, 4.69) is 10.1 Å². The number of alkyl halides is 3. The molecule has 6 nitrogen and oxygen atoms in total. The zero-order valence-electron chi connectivity index (χ0n) is 18.2. The van der Waals surface area contributed by atoms with Gasteiger partial charge in [0.15, 0.2) is 0 Å². The Balaban J connectivity index is 1.76. The van der Waals surface area contributed by atoms with E-state index in [0.717, 1.165) is 11.6 Å². The molecule has 0 saturated carbocycles. The minimum atomic E-state index is -4.90. The van der Waals surface area contributed by atoms with Crippen LogP contribution >= 0.6 is 23.2 Å². The largest absolute Gasteiger partial charge is 0.573 e. The van der Waals surface area contributed by atoms with Crippen LogP contribution in [0, 0.1) is 0 Å². The van der Waals surface area contributed by atoms with Gasteiger partial charge >= 0.3 is 18.4 Å². The predicted octanol–water partition coefficient (Wildman–Crippen LogP) is 6.53. The molecule has 0 aliphatic rings. The number of anilines is 1. The highest BCUT2D eigenvalue weighted by molar-refractivity contribution is 6.40. The Morgan fingerprint density at radius 1 is 1.00 bits per heavy atom. The fourth-order valence-electron chi connectivity index (χ4n) is 3.26. The smallest absolute Gasteiger partial charge is 0.481 e. The lowest BCUT2D eigenvalue weighted by atomic mass is 10.0. The lowest BCUT2D eigenvalue weighted by molar-refractivity contribution is -0.274. The summed E-state index contributed by atoms with van der Waals surface area (Å²) in [5.41, 5.74) is 1.88. The van der Waals surface area contributed by atoms with Crippen LogP contribution in [0.3, 0.4) is 0 Å². The third-order valence-corrected chi connectivity index (χ3v) is 5.52. The molecule has 3 aromatic rings. The first kappa shape index (κ1) is 26.2. The average molecular weight is 527 g/mol. The van der Waals surface area contributed by atoms with Gasteiger partial charge in [0, 0.05) is 30.4 Å². The summed E-state index contributed by atoms with van der Waals surface area (Å²) in [6.07, 6.45) is -5.00. The number of carboxylic acids is 1. The summed E-state index contributed by atoms with van der Waals surface area (Å²) in [6.45, 7) is 0.179. The van der Waals surface area contributed by atoms with Gasteiger partial charge < -0.3 is 15.2 Å². The van der Waals surface area contributed by atoms with Gasteiger partial charge in [-0.25, -0.2) is 4.79 Å². The average Bonchev–Trinajstić information content (AvgIpc) is 2.77. The van der Waals surface area contributed by atoms with Crippen LogP contribution in [-0.2, 0) is 17.8 Å². The molecule has 2 N–H and O–H groups in total. The number of hydrogen-bond donors (Lipinski definition) is 2. The van der Waals surface area contributed by atoms with Crippen LogP contribution in [0.1, 0.15) is 11.1 Å². The highest BCUT2D eigenvalue weighted by atomic mass is 35.5. The van der Waals surface area contributed by atoms with Crippen molar-refractivity contribution in [1.82, 2.24) is 5.32 Å². The van der Waals surface area contributed by atoms with Crippen molar-refractivity contribution in [2.24, 2.45) is 0 Å². The first-order valence-electron chi connectivity index (χ1n) is 10.1. The number of nitrogens with one attached hydrogen (secondary N) is 1. The lowest BCUT2D eigenvalue weighted by Gasteiger charge is -2.21. The van der Waals surface area contributed by atoms with E-state index in [-0.39, 0.29) is 34.1 Å². The number of benzene rings is 3. The normalized spacial score (nSPS) is 11.1. The second-order valence-corrected chi connectivity index (χ2v) is 8.25. The predicted molar refractivity (Wildman–Crippen MR) is 127 cm³/mol. The Hall–Kier alpha value is -3.43. The standard InChI is InChI=1S/C24H19Cl2F3N2O4/c1-31(23(34)30-13-15-8-6-14(7-9-15)10-21(32)33)16-11-18(25)22(19(26)12-16)17-4-2-3-5-20(17)35-24(27,28)29/h2-9,11-12H,10,13H2,1H3,(H,30,34)(H,32,33). The number of para-hydroxylation sites is 1. The van der Waals surface area contributed by atoms with E-state index in [1.807, 2.05) is 0 Å². The zero-order chi connectivity index (χ0) is 25.8. The highest BCUT2D eigenvalue weighted by Crippen LogP contribution is 2.43. The lowest BCUT2D eigenvalue weighted by Crippen LogP contribution is -2.36. The fraction of sp³-hybridized carbons (Fsp3) is 0.167. The molecule has 3 rings (SSSR count). The van der Waals surface area contributed by atoms with Crippen molar-refractivity contribution in [3.05, 3.63) is 81.8 Å². The van der Waals surface area contributed by atoms with E-state index in [9.17, 15) is 22.8 Å². The number of ether oxygens (including phenoxy) is 1. The molecule has 0 atom stereocenters. The van der Waals surface area contributed by atoms with E-state index < -0.39 is 24.1 Å². The summed E-state index contributed by atoms with van der Waals surface area (Å²) in [6, 6.07) is 14.5. The molecule has 0 aliphatic carbocycles. The molecule has 2 amide bonds. The van der Waals surface area contributed by atoms with Gasteiger partial charge in [-0.2, -0.15) is 0 Å². The highest BCUT2D eigenvalue weighted by Gasteiger charge is 2.32. The SMILES string of the molecule is CN(C(=O)NCc1ccc(CC(=O)O)cc1)c1cc(Cl)c(-c2ccccc2OC(F)(F)F)c(Cl)c1. The van der Waals surface area contributed by atoms with Gasteiger partial charge in [-0.3, -0.25) is 9.69 Å². The molecule has 35 heavy (non-hydrogen) atoms. The Labute approximate surface area is 208 Å². The molecular formula is C24H19Cl2F3N2O4. The van der Waals surface area contributed by atoms with Crippen LogP contribution in [0.2, 0.25) is 10.0 Å². The maximum Gasteiger partial charge on any atom is 0.573 e. The number of carbonyl (C=O) groups is 2. The number of rotatable bonds is 7. The summed E-state index contributed by atoms with van der Waals surface area (Å²) in [4.78, 5) is 24.6. The van der Waals surface area contributed by atoms with Gasteiger partial charge in [0.2, 0.25) is 0 Å². The second kappa shape index (κ2) is 10.9. The molecule has 184 valence electrons. The molecule has 0 heterocycles. The van der Waals surface area contributed by atoms with E-state index >= 15 is 0 Å². The van der Waals surface area contributed by atoms with E-state index in [0.29, 0.717) is 11.3 Å². The molecule has 0 bridgehead atoms. The van der Waals surface area contributed by atoms with Gasteiger partial charge in [-0.15, -0.1) is 13.2 Å². The summed E-state index contributed by atoms with van der Waals surface area (Å²) in [7, 11) is 1.48. The van der Waals surface area contributed by atoms with Crippen molar-refractivity contribution in [1.29, 1.82) is 0 Å². The molecule has 0 spiro atoms. The van der Waals surface area contributed by atoms with Gasteiger partial charge in [0.25, 0.3) is 0 Å². The van der Waals surface area contributed by atoms with E-state index in [4.69, 9.17) is 28.3 Å². The van der Waals surface area contributed by atoms with Crippen LogP contribution in [-0.4, -0.2) is 30.5 Å². The molecule has 0 unspecified atom stereocenters. The molecule has 0 fully saturated rings. The Morgan fingerprint density at radius 2 is 1.57 bits per heavy atom. The molecule has 0 radical (unpaired) electrons. The van der Waals surface area contributed by atoms with Crippen LogP contribution in [0.15, 0.2) is 60.7 Å². The minimum Gasteiger partial charge on any atom is -0.481 e. The Kier molecular flexibility index (Phi) is 8.14. The maximum atomic E-state index is 12.8. The quantitative estimate of drug-likeness (QED) is 0.366. The number of halogens is 5. The zero-order valence-corrected chi connectivity index (χ0v) is 19.7. The summed E-state index contributed by atoms with van der Waals surface area (Å²) in [5.74, 6) is -1.40. The number of urea groups is 1. The number of carbonyl (C=O) groups excluding carboxylic acids is 1. The topological polar surface area (TPSA) is 78.9 Å². The third kappa shape index (κ3) is 7.03. The van der Waals surface area contributed by atoms with Gasteiger partial charge in [-0.05, 0) is 29.3 Å². The first-order valence-corrected chi connectivity index (χ1v) is 10.9.